The van der Waals surface area contributed by atoms with Crippen molar-refractivity contribution in [1.29, 1.82) is 0 Å². The molecule has 1 N–H and O–H groups in total. The van der Waals surface area contributed by atoms with Crippen molar-refractivity contribution in [3.05, 3.63) is 78.7 Å². The van der Waals surface area contributed by atoms with Crippen LogP contribution in [0.25, 0.3) is 11.0 Å². The van der Waals surface area contributed by atoms with Gasteiger partial charge in [0.15, 0.2) is 0 Å². The number of nitro groups is 2. The fourth-order valence-electron chi connectivity index (χ4n) is 3.22. The molecule has 166 valence electrons. The van der Waals surface area contributed by atoms with Gasteiger partial charge in [-0.1, -0.05) is 0 Å². The van der Waals surface area contributed by atoms with E-state index in [4.69, 9.17) is 4.42 Å². The molecule has 0 aliphatic carbocycles. The Bertz CT molecular complexity index is 1280. The van der Waals surface area contributed by atoms with Crippen molar-refractivity contribution in [1.82, 2.24) is 0 Å². The van der Waals surface area contributed by atoms with Crippen LogP contribution in [0.4, 0.5) is 22.7 Å². The van der Waals surface area contributed by atoms with E-state index < -0.39 is 26.8 Å². The summed E-state index contributed by atoms with van der Waals surface area (Å²) in [6.07, 6.45) is 0. The number of nitro benzene ring substituents is 2. The van der Waals surface area contributed by atoms with Crippen LogP contribution in [0, 0.1) is 20.2 Å². The van der Waals surface area contributed by atoms with Gasteiger partial charge >= 0.3 is 11.3 Å². The third-order valence-electron chi connectivity index (χ3n) is 4.97. The second-order valence-electron chi connectivity index (χ2n) is 6.87. The smallest absolute Gasteiger partial charge is 0.345 e. The van der Waals surface area contributed by atoms with E-state index >= 15 is 0 Å². The molecule has 0 spiro atoms. The lowest BCUT2D eigenvalue weighted by Crippen LogP contribution is -2.21. The summed E-state index contributed by atoms with van der Waals surface area (Å²) in [7, 11) is 0. The molecule has 11 nitrogen and oxygen atoms in total. The van der Waals surface area contributed by atoms with Gasteiger partial charge in [0.1, 0.15) is 11.3 Å². The number of nitrogens with zero attached hydrogens (tertiary/aromatic N) is 4. The van der Waals surface area contributed by atoms with E-state index in [1.807, 2.05) is 26.0 Å². The number of nitrogens with one attached hydrogen (secondary N) is 1. The van der Waals surface area contributed by atoms with Gasteiger partial charge in [0.05, 0.1) is 27.2 Å². The fraction of sp³-hybridized carbons (Fsp3) is 0.238. The standard InChI is InChI=1S/C21H21N5O6/c1-4-24(5-2)15-7-6-14-10-17(21(27)32-20(14)12-15)13(3)22-23-18-9-8-16(25(28)29)11-19(18)26(30)31/h6-12,23H,4-5H2,1-3H3/b22-13+. The Morgan fingerprint density at radius 2 is 1.78 bits per heavy atom. The molecule has 1 heterocycles. The molecule has 0 unspecified atom stereocenters. The van der Waals surface area contributed by atoms with Gasteiger partial charge in [-0.05, 0) is 45.0 Å². The molecular weight excluding hydrogens is 418 g/mol. The number of fused-ring (bicyclic) bond motifs is 1. The average Bonchev–Trinajstić information content (AvgIpc) is 2.77. The molecule has 11 heteroatoms. The molecule has 3 rings (SSSR count). The second kappa shape index (κ2) is 9.25. The molecule has 0 radical (unpaired) electrons. The van der Waals surface area contributed by atoms with E-state index in [1.165, 1.54) is 6.07 Å². The molecule has 32 heavy (non-hydrogen) atoms. The Hall–Kier alpha value is -4.28. The van der Waals surface area contributed by atoms with Crippen LogP contribution in [-0.4, -0.2) is 28.6 Å². The summed E-state index contributed by atoms with van der Waals surface area (Å²) in [5.41, 5.74) is 2.74. The summed E-state index contributed by atoms with van der Waals surface area (Å²) in [6, 6.07) is 10.4. The van der Waals surface area contributed by atoms with Gasteiger partial charge in [-0.2, -0.15) is 5.10 Å². The third kappa shape index (κ3) is 4.56. The van der Waals surface area contributed by atoms with Crippen LogP contribution in [0.5, 0.6) is 0 Å². The first-order valence-electron chi connectivity index (χ1n) is 9.81. The quantitative estimate of drug-likeness (QED) is 0.237. The topological polar surface area (TPSA) is 144 Å². The third-order valence-corrected chi connectivity index (χ3v) is 4.97. The monoisotopic (exact) mass is 439 g/mol. The number of hydrazone groups is 1. The summed E-state index contributed by atoms with van der Waals surface area (Å²) in [5.74, 6) is 0. The van der Waals surface area contributed by atoms with Gasteiger partial charge in [0.25, 0.3) is 5.69 Å². The number of rotatable bonds is 8. The maximum Gasteiger partial charge on any atom is 0.345 e. The molecule has 0 aliphatic rings. The van der Waals surface area contributed by atoms with Gasteiger partial charge in [0.2, 0.25) is 0 Å². The zero-order valence-electron chi connectivity index (χ0n) is 17.7. The van der Waals surface area contributed by atoms with Gasteiger partial charge in [-0.3, -0.25) is 25.7 Å². The predicted molar refractivity (Wildman–Crippen MR) is 122 cm³/mol. The molecule has 0 bridgehead atoms. The Kier molecular flexibility index (Phi) is 6.47. The molecule has 3 aromatic rings. The van der Waals surface area contributed by atoms with Crippen LogP contribution in [0.1, 0.15) is 26.3 Å². The van der Waals surface area contributed by atoms with Crippen molar-refractivity contribution in [2.24, 2.45) is 5.10 Å². The minimum absolute atomic E-state index is 0.0472. The summed E-state index contributed by atoms with van der Waals surface area (Å²) < 4.78 is 5.48. The lowest BCUT2D eigenvalue weighted by atomic mass is 10.1. The molecule has 0 fully saturated rings. The Labute approximate surface area is 182 Å². The molecule has 0 atom stereocenters. The zero-order valence-corrected chi connectivity index (χ0v) is 17.7. The Morgan fingerprint density at radius 1 is 1.06 bits per heavy atom. The highest BCUT2D eigenvalue weighted by Crippen LogP contribution is 2.29. The first kappa shape index (κ1) is 22.4. The first-order valence-corrected chi connectivity index (χ1v) is 9.81. The SMILES string of the molecule is CCN(CC)c1ccc2cc(/C(C)=N/Nc3ccc([N+](=O)[O-])cc3[N+](=O)[O-])c(=O)oc2c1. The minimum Gasteiger partial charge on any atom is -0.422 e. The summed E-state index contributed by atoms with van der Waals surface area (Å²) in [4.78, 5) is 35.3. The maximum atomic E-state index is 12.5. The number of hydrogen-bond donors (Lipinski definition) is 1. The zero-order chi connectivity index (χ0) is 23.4. The van der Waals surface area contributed by atoms with Crippen LogP contribution in [-0.2, 0) is 0 Å². The lowest BCUT2D eigenvalue weighted by Gasteiger charge is -2.21. The summed E-state index contributed by atoms with van der Waals surface area (Å²) in [6.45, 7) is 7.25. The van der Waals surface area contributed by atoms with Crippen molar-refractivity contribution in [3.8, 4) is 0 Å². The van der Waals surface area contributed by atoms with Crippen LogP contribution in [0.2, 0.25) is 0 Å². The van der Waals surface area contributed by atoms with Crippen molar-refractivity contribution >= 4 is 39.4 Å². The largest absolute Gasteiger partial charge is 0.422 e. The van der Waals surface area contributed by atoms with E-state index in [0.29, 0.717) is 11.0 Å². The fourth-order valence-corrected chi connectivity index (χ4v) is 3.22. The van der Waals surface area contributed by atoms with Gasteiger partial charge in [-0.25, -0.2) is 4.79 Å². The van der Waals surface area contributed by atoms with Gasteiger partial charge in [-0.15, -0.1) is 0 Å². The molecule has 1 aromatic heterocycles. The van der Waals surface area contributed by atoms with Crippen LogP contribution in [0.15, 0.2) is 56.8 Å². The number of non-ortho nitro benzene ring substituents is 1. The molecule has 0 saturated heterocycles. The van der Waals surface area contributed by atoms with Crippen LogP contribution in [0.3, 0.4) is 0 Å². The molecule has 2 aromatic carbocycles. The number of hydrogen-bond acceptors (Lipinski definition) is 9. The maximum absolute atomic E-state index is 12.5. The number of benzene rings is 2. The first-order chi connectivity index (χ1) is 15.2. The van der Waals surface area contributed by atoms with Gasteiger partial charge in [0, 0.05) is 36.3 Å². The van der Waals surface area contributed by atoms with Crippen molar-refractivity contribution in [2.75, 3.05) is 23.4 Å². The predicted octanol–water partition coefficient (Wildman–Crippen LogP) is 4.29. The molecular formula is C21H21N5O6. The summed E-state index contributed by atoms with van der Waals surface area (Å²) in [5, 5.41) is 26.9. The van der Waals surface area contributed by atoms with E-state index in [-0.39, 0.29) is 17.0 Å². The van der Waals surface area contributed by atoms with E-state index in [9.17, 15) is 25.0 Å². The molecule has 0 amide bonds. The van der Waals surface area contributed by atoms with Gasteiger partial charge < -0.3 is 9.32 Å². The van der Waals surface area contributed by atoms with Crippen LogP contribution < -0.4 is 16.0 Å². The molecule has 0 aliphatic heterocycles. The highest BCUT2D eigenvalue weighted by molar-refractivity contribution is 6.01. The second-order valence-corrected chi connectivity index (χ2v) is 6.87. The van der Waals surface area contributed by atoms with Crippen molar-refractivity contribution < 1.29 is 14.3 Å². The van der Waals surface area contributed by atoms with Crippen molar-refractivity contribution in [2.45, 2.75) is 20.8 Å². The lowest BCUT2D eigenvalue weighted by molar-refractivity contribution is -0.393. The van der Waals surface area contributed by atoms with E-state index in [1.54, 1.807) is 19.1 Å². The highest BCUT2D eigenvalue weighted by atomic mass is 16.6. The molecule has 0 saturated carbocycles. The van der Waals surface area contributed by atoms with Crippen molar-refractivity contribution in [3.63, 3.8) is 0 Å². The van der Waals surface area contributed by atoms with E-state index in [0.717, 1.165) is 30.9 Å². The normalized spacial score (nSPS) is 11.4. The Balaban J connectivity index is 1.94. The highest BCUT2D eigenvalue weighted by Gasteiger charge is 2.19. The average molecular weight is 439 g/mol. The number of anilines is 2. The van der Waals surface area contributed by atoms with Crippen LogP contribution >= 0.6 is 0 Å². The van der Waals surface area contributed by atoms with E-state index in [2.05, 4.69) is 15.4 Å². The Morgan fingerprint density at radius 3 is 2.41 bits per heavy atom. The minimum atomic E-state index is -0.752. The summed E-state index contributed by atoms with van der Waals surface area (Å²) >= 11 is 0.